The molecule has 0 aromatic carbocycles. The fourth-order valence-corrected chi connectivity index (χ4v) is 1.10. The normalized spacial score (nSPS) is 7.45. The Morgan fingerprint density at radius 3 is 0.606 bits per heavy atom. The van der Waals surface area contributed by atoms with E-state index in [0.29, 0.717) is 0 Å². The number of hydrogen-bond acceptors (Lipinski definition) is 10. The van der Waals surface area contributed by atoms with E-state index in [1.54, 1.807) is 55.9 Å². The molecule has 0 aliphatic rings. The summed E-state index contributed by atoms with van der Waals surface area (Å²) in [7, 11) is 0. The van der Waals surface area contributed by atoms with E-state index in [0.717, 1.165) is 35.5 Å². The van der Waals surface area contributed by atoms with Gasteiger partial charge in [-0.2, -0.15) is 46.1 Å². The molecule has 6 rings (SSSR count). The molecule has 0 saturated heterocycles. The van der Waals surface area contributed by atoms with Crippen molar-refractivity contribution in [3.63, 3.8) is 0 Å². The molecule has 0 aliphatic carbocycles. The Morgan fingerprint density at radius 2 is 0.545 bits per heavy atom. The van der Waals surface area contributed by atoms with E-state index in [-0.39, 0.29) is 0 Å². The molecule has 0 aliphatic heterocycles. The van der Waals surface area contributed by atoms with E-state index in [9.17, 15) is 0 Å². The predicted octanol–water partition coefficient (Wildman–Crippen LogP) is 16.2. The van der Waals surface area contributed by atoms with Gasteiger partial charge in [0.05, 0.1) is 31.1 Å². The van der Waals surface area contributed by atoms with Crippen LogP contribution in [-0.2, 0) is 0 Å². The summed E-state index contributed by atoms with van der Waals surface area (Å²) in [5.41, 5.74) is 0. The van der Waals surface area contributed by atoms with Gasteiger partial charge in [-0.1, -0.05) is 208 Å². The number of imidazole rings is 1. The Labute approximate surface area is 410 Å². The molecular formula is C50H116N16. The zero-order valence-corrected chi connectivity index (χ0v) is 49.0. The van der Waals surface area contributed by atoms with Gasteiger partial charge >= 0.3 is 0 Å². The first-order valence-electron chi connectivity index (χ1n) is 24.4. The minimum absolute atomic E-state index is 0.833. The van der Waals surface area contributed by atoms with Gasteiger partial charge in [-0.15, -0.1) is 0 Å². The van der Waals surface area contributed by atoms with Gasteiger partial charge in [0.25, 0.3) is 0 Å². The largest absolute Gasteiger partial charge is 0.351 e. The SMILES string of the molecule is CC.CC.CC.CC.CC.CC.CC(C)C.CC(C)C.CC(C)C.CC(C)C.CC(C)C.CC(C)C.c1c[nH]cn1.c1cn[nH]c1.c1cn[nH]n1.c1cn[nH]n1.c1nc[nH]n1.c1nc[nH]n1. The molecule has 16 heteroatoms. The maximum atomic E-state index is 3.67. The highest BCUT2D eigenvalue weighted by Gasteiger charge is 1.70. The summed E-state index contributed by atoms with van der Waals surface area (Å²) in [6.45, 7) is 63.0. The Hall–Kier alpha value is -5.02. The third kappa shape index (κ3) is 318. The number of hydrogen-bond donors (Lipinski definition) is 6. The van der Waals surface area contributed by atoms with E-state index >= 15 is 0 Å². The van der Waals surface area contributed by atoms with Gasteiger partial charge in [-0.25, -0.2) is 15.0 Å². The van der Waals surface area contributed by atoms with Crippen LogP contribution in [0.1, 0.15) is 208 Å². The van der Waals surface area contributed by atoms with Crippen LogP contribution in [0.5, 0.6) is 0 Å². The summed E-state index contributed by atoms with van der Waals surface area (Å²) in [5.74, 6) is 5.00. The van der Waals surface area contributed by atoms with Crippen LogP contribution in [0.3, 0.4) is 0 Å². The van der Waals surface area contributed by atoms with Crippen molar-refractivity contribution in [1.82, 2.24) is 81.3 Å². The fraction of sp³-hybridized carbons (Fsp3) is 0.720. The Kier molecular flexibility index (Phi) is 156. The average molecular weight is 942 g/mol. The third-order valence-electron chi connectivity index (χ3n) is 2.14. The minimum atomic E-state index is 0.833. The Morgan fingerprint density at radius 1 is 0.273 bits per heavy atom. The lowest BCUT2D eigenvalue weighted by Gasteiger charge is -1.79. The van der Waals surface area contributed by atoms with E-state index in [1.165, 1.54) is 25.3 Å². The smallest absolute Gasteiger partial charge is 0.137 e. The van der Waals surface area contributed by atoms with E-state index in [2.05, 4.69) is 206 Å². The van der Waals surface area contributed by atoms with Crippen molar-refractivity contribution >= 4 is 0 Å². The van der Waals surface area contributed by atoms with E-state index in [1.807, 2.05) is 89.2 Å². The summed E-state index contributed by atoms with van der Waals surface area (Å²) < 4.78 is 0. The van der Waals surface area contributed by atoms with Gasteiger partial charge in [-0.3, -0.25) is 15.3 Å². The molecule has 0 radical (unpaired) electrons. The number of rotatable bonds is 0. The molecule has 6 aromatic heterocycles. The second-order valence-electron chi connectivity index (χ2n) is 14.5. The number of nitrogens with one attached hydrogen (secondary N) is 6. The molecule has 0 bridgehead atoms. The van der Waals surface area contributed by atoms with E-state index < -0.39 is 0 Å². The first kappa shape index (κ1) is 91.4. The molecule has 66 heavy (non-hydrogen) atoms. The number of H-pyrrole nitrogens is 6. The molecule has 16 nitrogen and oxygen atoms in total. The predicted molar refractivity (Wildman–Crippen MR) is 294 cm³/mol. The first-order valence-corrected chi connectivity index (χ1v) is 24.4. The first-order chi connectivity index (χ1) is 31.4. The molecule has 396 valence electrons. The molecule has 0 amide bonds. The second kappa shape index (κ2) is 113. The average Bonchev–Trinajstić information content (AvgIpc) is 4.15. The highest BCUT2D eigenvalue weighted by Crippen LogP contribution is 1.83. The molecule has 0 spiro atoms. The van der Waals surface area contributed by atoms with Crippen molar-refractivity contribution in [3.8, 4) is 0 Å². The summed E-state index contributed by atoms with van der Waals surface area (Å²) in [6, 6.07) is 1.83. The third-order valence-corrected chi connectivity index (χ3v) is 2.14. The Balaban J connectivity index is -0.0000000473. The molecule has 0 fully saturated rings. The standard InChI is InChI=1S/6C4H10.2C3H4N2.4C2H3N3.6C2H6/c6*1-4(2)3;1-2-5-3-4-1;1-2-4-5-3-1;2*1-3-2-5-4-1;2*1-2-4-5-3-1;6*1-2/h6*4H,1-3H3;2*1-3H,(H,4,5);4*1-2H,(H,3,4,5);6*1-2H3. The summed E-state index contributed by atoms with van der Waals surface area (Å²) in [5, 5.41) is 36.8. The zero-order valence-electron chi connectivity index (χ0n) is 49.0. The summed E-state index contributed by atoms with van der Waals surface area (Å²) in [6.07, 6.45) is 20.8. The van der Waals surface area contributed by atoms with Crippen molar-refractivity contribution in [2.24, 2.45) is 35.5 Å². The molecule has 0 saturated carbocycles. The van der Waals surface area contributed by atoms with Crippen molar-refractivity contribution in [3.05, 3.63) is 87.3 Å². The van der Waals surface area contributed by atoms with Crippen LogP contribution in [0.4, 0.5) is 0 Å². The van der Waals surface area contributed by atoms with Gasteiger partial charge in [0, 0.05) is 24.8 Å². The molecule has 6 aromatic rings. The highest BCUT2D eigenvalue weighted by atomic mass is 15.3. The van der Waals surface area contributed by atoms with Crippen molar-refractivity contribution in [2.75, 3.05) is 0 Å². The summed E-state index contributed by atoms with van der Waals surface area (Å²) in [4.78, 5) is 13.5. The topological polar surface area (TPSA) is 224 Å². The van der Waals surface area contributed by atoms with Crippen molar-refractivity contribution in [1.29, 1.82) is 0 Å². The highest BCUT2D eigenvalue weighted by molar-refractivity contribution is 4.72. The van der Waals surface area contributed by atoms with Crippen molar-refractivity contribution < 1.29 is 0 Å². The summed E-state index contributed by atoms with van der Waals surface area (Å²) >= 11 is 0. The number of nitrogens with zero attached hydrogens (tertiary/aromatic N) is 10. The van der Waals surface area contributed by atoms with Crippen LogP contribution in [0, 0.1) is 35.5 Å². The van der Waals surface area contributed by atoms with E-state index in [4.69, 9.17) is 0 Å². The van der Waals surface area contributed by atoms with Gasteiger partial charge in [0.2, 0.25) is 0 Å². The fourth-order valence-electron chi connectivity index (χ4n) is 1.10. The van der Waals surface area contributed by atoms with Gasteiger partial charge in [0.1, 0.15) is 25.3 Å². The van der Waals surface area contributed by atoms with Gasteiger partial charge in [-0.05, 0) is 41.6 Å². The lowest BCUT2D eigenvalue weighted by Crippen LogP contribution is -1.66. The lowest BCUT2D eigenvalue weighted by atomic mass is 10.3. The second-order valence-corrected chi connectivity index (χ2v) is 14.5. The molecular weight excluding hydrogens is 825 g/mol. The maximum Gasteiger partial charge on any atom is 0.137 e. The molecule has 6 N–H and O–H groups in total. The van der Waals surface area contributed by atoms with Crippen LogP contribution < -0.4 is 0 Å². The van der Waals surface area contributed by atoms with Crippen LogP contribution >= 0.6 is 0 Å². The number of aromatic amines is 6. The monoisotopic (exact) mass is 941 g/mol. The lowest BCUT2D eigenvalue weighted by molar-refractivity contribution is 0.736. The van der Waals surface area contributed by atoms with Crippen LogP contribution in [0.25, 0.3) is 0 Å². The van der Waals surface area contributed by atoms with Crippen LogP contribution in [0.2, 0.25) is 0 Å². The maximum absolute atomic E-state index is 3.67. The van der Waals surface area contributed by atoms with Gasteiger partial charge in [0.15, 0.2) is 0 Å². The van der Waals surface area contributed by atoms with Crippen LogP contribution in [0.15, 0.2) is 87.3 Å². The molecule has 0 unspecified atom stereocenters. The minimum Gasteiger partial charge on any atom is -0.351 e. The van der Waals surface area contributed by atoms with Gasteiger partial charge < -0.3 is 4.98 Å². The number of aromatic nitrogens is 16. The molecule has 0 atom stereocenters. The zero-order chi connectivity index (χ0) is 54.7. The van der Waals surface area contributed by atoms with Crippen molar-refractivity contribution in [2.45, 2.75) is 208 Å². The quantitative estimate of drug-likeness (QED) is 0.0845. The van der Waals surface area contributed by atoms with Crippen LogP contribution in [-0.4, -0.2) is 81.3 Å². The Bertz CT molecular complexity index is 805. The molecule has 6 heterocycles.